The van der Waals surface area contributed by atoms with E-state index in [-0.39, 0.29) is 25.2 Å². The highest BCUT2D eigenvalue weighted by Gasteiger charge is 2.57. The minimum Gasteiger partial charge on any atom is -0.481 e. The van der Waals surface area contributed by atoms with Crippen LogP contribution in [0.5, 0.6) is 0 Å². The molecule has 3 heterocycles. The third-order valence-corrected chi connectivity index (χ3v) is 4.60. The number of benzene rings is 1. The minimum absolute atomic E-state index is 0.155. The van der Waals surface area contributed by atoms with Gasteiger partial charge in [0.25, 0.3) is 5.91 Å². The van der Waals surface area contributed by atoms with Gasteiger partial charge >= 0.3 is 5.97 Å². The molecule has 1 atom stereocenters. The van der Waals surface area contributed by atoms with E-state index in [0.717, 1.165) is 5.01 Å². The zero-order chi connectivity index (χ0) is 18.3. The second-order valence-electron chi connectivity index (χ2n) is 6.16. The number of carbonyl (C=O) groups is 3. The van der Waals surface area contributed by atoms with Crippen LogP contribution in [0.1, 0.15) is 30.6 Å². The molecule has 8 nitrogen and oxygen atoms in total. The first-order chi connectivity index (χ1) is 12.5. The summed E-state index contributed by atoms with van der Waals surface area (Å²) >= 11 is 0. The quantitative estimate of drug-likeness (QED) is 0.872. The molecular weight excluding hydrogens is 338 g/mol. The monoisotopic (exact) mass is 353 g/mol. The number of furan rings is 1. The van der Waals surface area contributed by atoms with Crippen LogP contribution in [0.25, 0.3) is 0 Å². The second kappa shape index (κ2) is 5.83. The largest absolute Gasteiger partial charge is 0.481 e. The van der Waals surface area contributed by atoms with Crippen molar-refractivity contribution in [1.82, 2.24) is 5.01 Å². The normalized spacial score (nSPS) is 20.8. The molecule has 0 radical (unpaired) electrons. The van der Waals surface area contributed by atoms with Crippen molar-refractivity contribution >= 4 is 29.2 Å². The van der Waals surface area contributed by atoms with Crippen LogP contribution in [0.2, 0.25) is 0 Å². The third-order valence-electron chi connectivity index (χ3n) is 4.60. The van der Waals surface area contributed by atoms with E-state index in [9.17, 15) is 14.4 Å². The number of rotatable bonds is 4. The SMILES string of the molecule is O=C(O)CCC(=O)N1N=C(c2ccco2)C[C@]12C(=O)Nc1ccccc12. The second-order valence-corrected chi connectivity index (χ2v) is 6.16. The van der Waals surface area contributed by atoms with Crippen LogP contribution in [0.3, 0.4) is 0 Å². The van der Waals surface area contributed by atoms with Crippen LogP contribution in [-0.2, 0) is 19.9 Å². The fraction of sp³-hybridized carbons (Fsp3) is 0.222. The lowest BCUT2D eigenvalue weighted by Gasteiger charge is -2.30. The van der Waals surface area contributed by atoms with Gasteiger partial charge in [-0.05, 0) is 18.2 Å². The molecule has 0 saturated carbocycles. The van der Waals surface area contributed by atoms with Crippen LogP contribution in [0, 0.1) is 0 Å². The Hall–Kier alpha value is -3.42. The topological polar surface area (TPSA) is 112 Å². The van der Waals surface area contributed by atoms with E-state index in [4.69, 9.17) is 9.52 Å². The molecule has 0 fully saturated rings. The number of fused-ring (bicyclic) bond motifs is 2. The lowest BCUT2D eigenvalue weighted by Crippen LogP contribution is -2.48. The summed E-state index contributed by atoms with van der Waals surface area (Å²) in [5, 5.41) is 17.1. The van der Waals surface area contributed by atoms with Crippen molar-refractivity contribution in [2.24, 2.45) is 5.10 Å². The van der Waals surface area contributed by atoms with Crippen LogP contribution in [0.15, 0.2) is 52.2 Å². The highest BCUT2D eigenvalue weighted by atomic mass is 16.4. The molecule has 2 aliphatic heterocycles. The first-order valence-electron chi connectivity index (χ1n) is 8.09. The van der Waals surface area contributed by atoms with Crippen molar-refractivity contribution < 1.29 is 23.9 Å². The molecular formula is C18H15N3O5. The molecule has 1 spiro atoms. The Morgan fingerprint density at radius 3 is 2.77 bits per heavy atom. The van der Waals surface area contributed by atoms with Gasteiger partial charge < -0.3 is 14.8 Å². The van der Waals surface area contributed by atoms with E-state index in [1.54, 1.807) is 36.4 Å². The summed E-state index contributed by atoms with van der Waals surface area (Å²) in [6, 6.07) is 10.5. The molecule has 4 rings (SSSR count). The van der Waals surface area contributed by atoms with E-state index in [1.165, 1.54) is 6.26 Å². The molecule has 0 unspecified atom stereocenters. The molecule has 2 aliphatic rings. The van der Waals surface area contributed by atoms with E-state index < -0.39 is 17.4 Å². The first-order valence-corrected chi connectivity index (χ1v) is 8.09. The number of amides is 2. The maximum atomic E-state index is 12.9. The number of carbonyl (C=O) groups excluding carboxylic acids is 2. The molecule has 1 aromatic heterocycles. The number of carboxylic acids is 1. The Balaban J connectivity index is 1.79. The molecule has 2 amide bonds. The molecule has 2 N–H and O–H groups in total. The van der Waals surface area contributed by atoms with Gasteiger partial charge in [-0.25, -0.2) is 5.01 Å². The molecule has 2 aromatic rings. The third kappa shape index (κ3) is 2.30. The lowest BCUT2D eigenvalue weighted by molar-refractivity contribution is -0.146. The highest BCUT2D eigenvalue weighted by Crippen LogP contribution is 2.47. The van der Waals surface area contributed by atoms with Gasteiger partial charge in [-0.3, -0.25) is 14.4 Å². The van der Waals surface area contributed by atoms with Gasteiger partial charge in [0.2, 0.25) is 5.91 Å². The summed E-state index contributed by atoms with van der Waals surface area (Å²) < 4.78 is 5.38. The molecule has 0 bridgehead atoms. The molecule has 1 aromatic carbocycles. The summed E-state index contributed by atoms with van der Waals surface area (Å²) in [5.41, 5.74) is 0.392. The predicted molar refractivity (Wildman–Crippen MR) is 90.3 cm³/mol. The minimum atomic E-state index is -1.33. The number of hydrogen-bond acceptors (Lipinski definition) is 5. The Bertz CT molecular complexity index is 934. The van der Waals surface area contributed by atoms with E-state index in [1.807, 2.05) is 0 Å². The van der Waals surface area contributed by atoms with E-state index >= 15 is 0 Å². The zero-order valence-corrected chi connectivity index (χ0v) is 13.6. The van der Waals surface area contributed by atoms with Crippen molar-refractivity contribution in [3.05, 3.63) is 54.0 Å². The Kier molecular flexibility index (Phi) is 3.61. The zero-order valence-electron chi connectivity index (χ0n) is 13.6. The first kappa shape index (κ1) is 16.1. The molecule has 26 heavy (non-hydrogen) atoms. The number of anilines is 1. The number of hydrogen-bond donors (Lipinski definition) is 2. The van der Waals surface area contributed by atoms with Crippen LogP contribution in [0.4, 0.5) is 5.69 Å². The number of hydrazone groups is 1. The maximum absolute atomic E-state index is 12.9. The van der Waals surface area contributed by atoms with Gasteiger partial charge in [-0.1, -0.05) is 18.2 Å². The predicted octanol–water partition coefficient (Wildman–Crippen LogP) is 1.93. The number of nitrogens with one attached hydrogen (secondary N) is 1. The smallest absolute Gasteiger partial charge is 0.303 e. The maximum Gasteiger partial charge on any atom is 0.303 e. The summed E-state index contributed by atoms with van der Waals surface area (Å²) in [6.07, 6.45) is 1.06. The summed E-state index contributed by atoms with van der Waals surface area (Å²) in [6.45, 7) is 0. The Labute approximate surface area is 148 Å². The van der Waals surface area contributed by atoms with Crippen LogP contribution in [-0.4, -0.2) is 33.6 Å². The van der Waals surface area contributed by atoms with Gasteiger partial charge in [0.1, 0.15) is 11.5 Å². The van der Waals surface area contributed by atoms with Gasteiger partial charge in [0.05, 0.1) is 12.7 Å². The Morgan fingerprint density at radius 1 is 1.23 bits per heavy atom. The molecule has 8 heteroatoms. The molecule has 0 aliphatic carbocycles. The fourth-order valence-corrected chi connectivity index (χ4v) is 3.41. The molecule has 132 valence electrons. The Morgan fingerprint density at radius 2 is 2.04 bits per heavy atom. The van der Waals surface area contributed by atoms with Gasteiger partial charge in [0.15, 0.2) is 5.54 Å². The van der Waals surface area contributed by atoms with Gasteiger partial charge in [-0.2, -0.15) is 5.10 Å². The van der Waals surface area contributed by atoms with E-state index in [0.29, 0.717) is 22.7 Å². The number of carboxylic acid groups (broad SMARTS) is 1. The summed E-state index contributed by atoms with van der Waals surface area (Å²) in [5.74, 6) is -1.51. The van der Waals surface area contributed by atoms with Crippen molar-refractivity contribution in [3.8, 4) is 0 Å². The van der Waals surface area contributed by atoms with Gasteiger partial charge in [-0.15, -0.1) is 0 Å². The fourth-order valence-electron chi connectivity index (χ4n) is 3.41. The number of nitrogens with zero attached hydrogens (tertiary/aromatic N) is 2. The molecule has 0 saturated heterocycles. The van der Waals surface area contributed by atoms with Crippen molar-refractivity contribution in [2.45, 2.75) is 24.8 Å². The highest BCUT2D eigenvalue weighted by molar-refractivity contribution is 6.14. The summed E-state index contributed by atoms with van der Waals surface area (Å²) in [7, 11) is 0. The average Bonchev–Trinajstić information content (AvgIpc) is 3.33. The lowest BCUT2D eigenvalue weighted by atomic mass is 9.85. The van der Waals surface area contributed by atoms with Crippen molar-refractivity contribution in [1.29, 1.82) is 0 Å². The van der Waals surface area contributed by atoms with Crippen LogP contribution >= 0.6 is 0 Å². The van der Waals surface area contributed by atoms with E-state index in [2.05, 4.69) is 10.4 Å². The average molecular weight is 353 g/mol. The van der Waals surface area contributed by atoms with Crippen LogP contribution < -0.4 is 5.32 Å². The summed E-state index contributed by atoms with van der Waals surface area (Å²) in [4.78, 5) is 36.5. The van der Waals surface area contributed by atoms with Crippen molar-refractivity contribution in [2.75, 3.05) is 5.32 Å². The van der Waals surface area contributed by atoms with Gasteiger partial charge in [0, 0.05) is 24.1 Å². The number of para-hydroxylation sites is 1. The standard InChI is InChI=1S/C18H15N3O5/c22-15(7-8-16(23)24)21-18(10-13(20-21)14-6-3-9-26-14)11-4-1-2-5-12(11)19-17(18)25/h1-6,9H,7-8,10H2,(H,19,25)(H,23,24)/t18-/m0/s1. The van der Waals surface area contributed by atoms with Crippen molar-refractivity contribution in [3.63, 3.8) is 0 Å². The number of aliphatic carboxylic acids is 1.